The summed E-state index contributed by atoms with van der Waals surface area (Å²) < 4.78 is 44.3. The summed E-state index contributed by atoms with van der Waals surface area (Å²) in [5.41, 5.74) is 3.08. The molecule has 0 aromatic carbocycles. The molecule has 0 saturated heterocycles. The van der Waals surface area contributed by atoms with Gasteiger partial charge in [0.25, 0.3) is 0 Å². The third-order valence-electron chi connectivity index (χ3n) is 1.25. The average molecular weight is 249 g/mol. The highest BCUT2D eigenvalue weighted by atomic mass is 19.4. The maximum Gasteiger partial charge on any atom is 0.490 e. The highest BCUT2D eigenvalue weighted by molar-refractivity contribution is 5.74. The fourth-order valence-electron chi connectivity index (χ4n) is 0.294. The van der Waals surface area contributed by atoms with Crippen molar-refractivity contribution in [1.82, 2.24) is 0 Å². The molecule has 0 aromatic heterocycles. The third-order valence-corrected chi connectivity index (χ3v) is 1.25. The molecule has 0 aliphatic rings. The van der Waals surface area contributed by atoms with E-state index in [4.69, 9.17) is 20.7 Å². The van der Waals surface area contributed by atoms with Gasteiger partial charge in [-0.15, -0.1) is 0 Å². The van der Waals surface area contributed by atoms with E-state index in [1.165, 1.54) is 0 Å². The fourth-order valence-corrected chi connectivity index (χ4v) is 0.294. The van der Waals surface area contributed by atoms with Gasteiger partial charge in [0.05, 0.1) is 0 Å². The van der Waals surface area contributed by atoms with Crippen LogP contribution in [-0.2, 0) is 9.59 Å². The predicted octanol–water partition coefficient (Wildman–Crippen LogP) is 0.780. The monoisotopic (exact) mass is 249 g/mol. The Hall–Kier alpha value is -1.38. The van der Waals surface area contributed by atoms with Crippen molar-refractivity contribution in [1.29, 1.82) is 0 Å². The van der Waals surface area contributed by atoms with Crippen LogP contribution in [0.3, 0.4) is 0 Å². The normalized spacial score (nSPS) is 13.4. The molecule has 0 spiro atoms. The molecule has 0 rings (SSSR count). The van der Waals surface area contributed by atoms with Crippen LogP contribution < -0.4 is 5.73 Å². The number of rotatable bonds is 2. The largest absolute Gasteiger partial charge is 0.490 e. The van der Waals surface area contributed by atoms with E-state index in [-0.39, 0.29) is 0 Å². The van der Waals surface area contributed by atoms with Crippen molar-refractivity contribution in [3.63, 3.8) is 0 Å². The zero-order valence-electron chi connectivity index (χ0n) is 8.38. The van der Waals surface area contributed by atoms with E-state index >= 15 is 0 Å². The van der Waals surface area contributed by atoms with Gasteiger partial charge in [-0.05, 0) is 13.8 Å². The van der Waals surface area contributed by atoms with Gasteiger partial charge in [0.15, 0.2) is 0 Å². The molecule has 0 aromatic rings. The number of carbonyl (C=O) groups is 2. The SMILES string of the molecule is CC(C)(F)C(N)C(=O)O.O=C(O)C(F)(F)F. The number of hydrogen-bond donors (Lipinski definition) is 3. The Kier molecular flexibility index (Phi) is 6.00. The Morgan fingerprint density at radius 1 is 1.12 bits per heavy atom. The van der Waals surface area contributed by atoms with Crippen LogP contribution in [0.5, 0.6) is 0 Å². The zero-order valence-corrected chi connectivity index (χ0v) is 8.38. The van der Waals surface area contributed by atoms with Crippen LogP contribution in [0.2, 0.25) is 0 Å². The Bertz CT molecular complexity index is 258. The smallest absolute Gasteiger partial charge is 0.480 e. The summed E-state index contributed by atoms with van der Waals surface area (Å²) >= 11 is 0. The van der Waals surface area contributed by atoms with Crippen LogP contribution in [0.4, 0.5) is 17.6 Å². The van der Waals surface area contributed by atoms with E-state index in [0.29, 0.717) is 0 Å². The van der Waals surface area contributed by atoms with Crippen molar-refractivity contribution < 1.29 is 37.4 Å². The zero-order chi connectivity index (χ0) is 13.7. The van der Waals surface area contributed by atoms with Crippen molar-refractivity contribution >= 4 is 11.9 Å². The van der Waals surface area contributed by atoms with E-state index in [1.54, 1.807) is 0 Å². The summed E-state index contributed by atoms with van der Waals surface area (Å²) in [5.74, 6) is -4.07. The molecule has 1 unspecified atom stereocenters. The number of nitrogens with two attached hydrogens (primary N) is 1. The maximum atomic E-state index is 12.5. The lowest BCUT2D eigenvalue weighted by atomic mass is 10.0. The lowest BCUT2D eigenvalue weighted by Crippen LogP contribution is -2.45. The second-order valence-corrected chi connectivity index (χ2v) is 3.18. The Balaban J connectivity index is 0. The van der Waals surface area contributed by atoms with Gasteiger partial charge in [-0.3, -0.25) is 4.79 Å². The topological polar surface area (TPSA) is 101 Å². The van der Waals surface area contributed by atoms with Gasteiger partial charge in [-0.2, -0.15) is 13.2 Å². The third kappa shape index (κ3) is 7.97. The molecule has 0 heterocycles. The van der Waals surface area contributed by atoms with Gasteiger partial charge in [-0.1, -0.05) is 0 Å². The Labute approximate surface area is 87.8 Å². The standard InChI is InChI=1S/C5H10FNO2.C2HF3O2/c1-5(2,6)3(7)4(8)9;3-2(4,5)1(6)7/h3H,7H2,1-2H3,(H,8,9);(H,6,7). The van der Waals surface area contributed by atoms with E-state index < -0.39 is 29.8 Å². The van der Waals surface area contributed by atoms with Crippen LogP contribution >= 0.6 is 0 Å². The van der Waals surface area contributed by atoms with Gasteiger partial charge in [0.1, 0.15) is 11.7 Å². The fraction of sp³-hybridized carbons (Fsp3) is 0.714. The number of carboxylic acid groups (broad SMARTS) is 2. The summed E-state index contributed by atoms with van der Waals surface area (Å²) in [6, 6.07) is -1.43. The van der Waals surface area contributed by atoms with E-state index in [0.717, 1.165) is 13.8 Å². The Morgan fingerprint density at radius 3 is 1.38 bits per heavy atom. The second-order valence-electron chi connectivity index (χ2n) is 3.18. The van der Waals surface area contributed by atoms with Crippen molar-refractivity contribution in [2.45, 2.75) is 31.7 Å². The second kappa shape index (κ2) is 5.64. The number of alkyl halides is 4. The number of halogens is 4. The molecule has 96 valence electrons. The van der Waals surface area contributed by atoms with Crippen LogP contribution in [0.15, 0.2) is 0 Å². The number of aliphatic carboxylic acids is 2. The molecule has 16 heavy (non-hydrogen) atoms. The van der Waals surface area contributed by atoms with Crippen LogP contribution in [0.1, 0.15) is 13.8 Å². The first-order chi connectivity index (χ1) is 6.80. The first-order valence-electron chi connectivity index (χ1n) is 3.77. The quantitative estimate of drug-likeness (QED) is 0.628. The summed E-state index contributed by atoms with van der Waals surface area (Å²) in [6.07, 6.45) is -5.08. The van der Waals surface area contributed by atoms with Crippen LogP contribution in [0.25, 0.3) is 0 Å². The summed E-state index contributed by atoms with van der Waals surface area (Å²) in [7, 11) is 0. The van der Waals surface area contributed by atoms with Gasteiger partial charge < -0.3 is 15.9 Å². The molecule has 0 radical (unpaired) electrons. The summed E-state index contributed by atoms with van der Waals surface area (Å²) in [4.78, 5) is 18.9. The number of carboxylic acids is 2. The van der Waals surface area contributed by atoms with Crippen LogP contribution in [-0.4, -0.2) is 40.0 Å². The first kappa shape index (κ1) is 17.0. The lowest BCUT2D eigenvalue weighted by molar-refractivity contribution is -0.192. The molecule has 0 amide bonds. The number of hydrogen-bond acceptors (Lipinski definition) is 3. The van der Waals surface area contributed by atoms with E-state index in [9.17, 15) is 22.4 Å². The predicted molar refractivity (Wildman–Crippen MR) is 44.5 cm³/mol. The first-order valence-corrected chi connectivity index (χ1v) is 3.77. The average Bonchev–Trinajstić information content (AvgIpc) is 2.00. The molecular formula is C7H11F4NO4. The van der Waals surface area contributed by atoms with Crippen molar-refractivity contribution in [2.75, 3.05) is 0 Å². The molecule has 0 aliphatic heterocycles. The Morgan fingerprint density at radius 2 is 1.38 bits per heavy atom. The van der Waals surface area contributed by atoms with Gasteiger partial charge in [0, 0.05) is 0 Å². The van der Waals surface area contributed by atoms with Crippen molar-refractivity contribution in [3.8, 4) is 0 Å². The molecular weight excluding hydrogens is 238 g/mol. The molecule has 0 fully saturated rings. The van der Waals surface area contributed by atoms with E-state index in [1.807, 2.05) is 0 Å². The summed E-state index contributed by atoms with van der Waals surface area (Å²) in [5, 5.41) is 15.3. The molecule has 5 nitrogen and oxygen atoms in total. The van der Waals surface area contributed by atoms with Gasteiger partial charge in [-0.25, -0.2) is 9.18 Å². The molecule has 0 bridgehead atoms. The van der Waals surface area contributed by atoms with Crippen molar-refractivity contribution in [3.05, 3.63) is 0 Å². The molecule has 4 N–H and O–H groups in total. The van der Waals surface area contributed by atoms with E-state index in [2.05, 4.69) is 0 Å². The van der Waals surface area contributed by atoms with Gasteiger partial charge in [0.2, 0.25) is 0 Å². The minimum Gasteiger partial charge on any atom is -0.480 e. The van der Waals surface area contributed by atoms with Gasteiger partial charge >= 0.3 is 18.1 Å². The minimum atomic E-state index is -5.08. The highest BCUT2D eigenvalue weighted by Gasteiger charge is 2.38. The minimum absolute atomic E-state index is 1.13. The van der Waals surface area contributed by atoms with Crippen LogP contribution in [0, 0.1) is 0 Å². The molecule has 1 atom stereocenters. The van der Waals surface area contributed by atoms with Crippen molar-refractivity contribution in [2.24, 2.45) is 5.73 Å². The molecule has 0 saturated carbocycles. The molecule has 9 heteroatoms. The summed E-state index contributed by atoms with van der Waals surface area (Å²) in [6.45, 7) is 2.26. The highest BCUT2D eigenvalue weighted by Crippen LogP contribution is 2.13. The maximum absolute atomic E-state index is 12.5. The lowest BCUT2D eigenvalue weighted by Gasteiger charge is -2.17. The molecule has 0 aliphatic carbocycles.